The Hall–Kier alpha value is -3.26. The van der Waals surface area contributed by atoms with Gasteiger partial charge < -0.3 is 14.5 Å². The Labute approximate surface area is 199 Å². The van der Waals surface area contributed by atoms with Gasteiger partial charge >= 0.3 is 5.91 Å². The van der Waals surface area contributed by atoms with Crippen LogP contribution in [0.25, 0.3) is 10.8 Å². The van der Waals surface area contributed by atoms with E-state index >= 15 is 0 Å². The summed E-state index contributed by atoms with van der Waals surface area (Å²) < 4.78 is 11.3. The fourth-order valence-electron chi connectivity index (χ4n) is 2.90. The molecule has 3 N–H and O–H groups in total. The number of carbonyl (C=O) groups is 1. The molecule has 6 nitrogen and oxygen atoms in total. The van der Waals surface area contributed by atoms with Gasteiger partial charge in [0.05, 0.1) is 10.0 Å². The molecule has 0 fully saturated rings. The van der Waals surface area contributed by atoms with E-state index in [0.29, 0.717) is 27.2 Å². The Bertz CT molecular complexity index is 1290. The van der Waals surface area contributed by atoms with Crippen LogP contribution in [0, 0.1) is 0 Å². The number of furan rings is 1. The lowest BCUT2D eigenvalue weighted by Crippen LogP contribution is -2.43. The molecule has 4 aromatic rings. The van der Waals surface area contributed by atoms with Gasteiger partial charge in [-0.3, -0.25) is 15.6 Å². The molecular formula is C23H17Cl2N3O3S. The quantitative estimate of drug-likeness (QED) is 0.239. The predicted octanol–water partition coefficient (Wildman–Crippen LogP) is 5.95. The third-order valence-corrected chi connectivity index (χ3v) is 5.40. The highest BCUT2D eigenvalue weighted by molar-refractivity contribution is 7.80. The molecule has 0 aliphatic heterocycles. The zero-order valence-corrected chi connectivity index (χ0v) is 18.9. The molecule has 0 atom stereocenters. The second-order valence-corrected chi connectivity index (χ2v) is 7.95. The summed E-state index contributed by atoms with van der Waals surface area (Å²) in [6.45, 7) is 0.191. The molecule has 1 heterocycles. The number of benzene rings is 3. The van der Waals surface area contributed by atoms with Crippen LogP contribution in [0.4, 0.5) is 5.69 Å². The first-order chi connectivity index (χ1) is 15.5. The smallest absolute Gasteiger partial charge is 0.305 e. The Morgan fingerprint density at radius 1 is 0.906 bits per heavy atom. The minimum Gasteiger partial charge on any atom is -0.486 e. The second kappa shape index (κ2) is 9.91. The van der Waals surface area contributed by atoms with E-state index in [0.717, 1.165) is 10.8 Å². The van der Waals surface area contributed by atoms with Gasteiger partial charge in [-0.1, -0.05) is 53.5 Å². The van der Waals surface area contributed by atoms with Crippen molar-refractivity contribution in [3.05, 3.63) is 94.4 Å². The number of ether oxygens (including phenoxy) is 1. The van der Waals surface area contributed by atoms with Crippen LogP contribution in [0.15, 0.2) is 77.2 Å². The third-order valence-electron chi connectivity index (χ3n) is 4.45. The summed E-state index contributed by atoms with van der Waals surface area (Å²) in [5, 5.41) is 6.09. The molecular weight excluding hydrogens is 469 g/mol. The van der Waals surface area contributed by atoms with Crippen molar-refractivity contribution in [2.75, 3.05) is 5.32 Å². The molecule has 9 heteroatoms. The zero-order valence-electron chi connectivity index (χ0n) is 16.5. The van der Waals surface area contributed by atoms with Crippen LogP contribution >= 0.6 is 35.4 Å². The number of hydrazine groups is 1. The van der Waals surface area contributed by atoms with Gasteiger partial charge in [-0.15, -0.1) is 0 Å². The Balaban J connectivity index is 1.28. The van der Waals surface area contributed by atoms with E-state index in [1.165, 1.54) is 0 Å². The van der Waals surface area contributed by atoms with Gasteiger partial charge in [0.1, 0.15) is 18.1 Å². The number of rotatable bonds is 5. The summed E-state index contributed by atoms with van der Waals surface area (Å²) in [6, 6.07) is 22.1. The highest BCUT2D eigenvalue weighted by Crippen LogP contribution is 2.25. The van der Waals surface area contributed by atoms with Gasteiger partial charge in [-0.05, 0) is 65.5 Å². The highest BCUT2D eigenvalue weighted by atomic mass is 35.5. The van der Waals surface area contributed by atoms with Crippen molar-refractivity contribution in [3.63, 3.8) is 0 Å². The van der Waals surface area contributed by atoms with Crippen molar-refractivity contribution in [1.29, 1.82) is 0 Å². The molecule has 1 aromatic heterocycles. The molecule has 0 aliphatic rings. The van der Waals surface area contributed by atoms with E-state index in [1.807, 2.05) is 42.5 Å². The maximum atomic E-state index is 12.3. The predicted molar refractivity (Wildman–Crippen MR) is 130 cm³/mol. The van der Waals surface area contributed by atoms with E-state index in [2.05, 4.69) is 16.2 Å². The number of anilines is 1. The maximum absolute atomic E-state index is 12.3. The zero-order chi connectivity index (χ0) is 22.5. The van der Waals surface area contributed by atoms with Crippen molar-refractivity contribution in [3.8, 4) is 5.75 Å². The number of nitrogens with one attached hydrogen (secondary N) is 3. The van der Waals surface area contributed by atoms with E-state index < -0.39 is 5.91 Å². The van der Waals surface area contributed by atoms with Gasteiger partial charge in [0.2, 0.25) is 0 Å². The monoisotopic (exact) mass is 485 g/mol. The van der Waals surface area contributed by atoms with Gasteiger partial charge in [0, 0.05) is 5.69 Å². The number of thiocarbonyl (C=S) groups is 1. The lowest BCUT2D eigenvalue weighted by atomic mass is 10.1. The maximum Gasteiger partial charge on any atom is 0.305 e. The molecule has 3 aromatic carbocycles. The van der Waals surface area contributed by atoms with Crippen molar-refractivity contribution >= 4 is 62.9 Å². The molecule has 0 radical (unpaired) electrons. The molecule has 0 aliphatic carbocycles. The van der Waals surface area contributed by atoms with E-state index in [1.54, 1.807) is 30.3 Å². The Morgan fingerprint density at radius 3 is 2.53 bits per heavy atom. The first-order valence-electron chi connectivity index (χ1n) is 9.50. The largest absolute Gasteiger partial charge is 0.486 e. The minimum absolute atomic E-state index is 0.118. The summed E-state index contributed by atoms with van der Waals surface area (Å²) in [7, 11) is 0. The second-order valence-electron chi connectivity index (χ2n) is 6.73. The van der Waals surface area contributed by atoms with Crippen LogP contribution in [0.3, 0.4) is 0 Å². The van der Waals surface area contributed by atoms with Crippen LogP contribution < -0.4 is 20.9 Å². The summed E-state index contributed by atoms with van der Waals surface area (Å²) in [5.41, 5.74) is 5.69. The average Bonchev–Trinajstić information content (AvgIpc) is 3.28. The standard InChI is InChI=1S/C23H17Cl2N3O3S/c24-19-9-6-16(12-20(19)25)26-23(32)28-27-22(29)21-10-8-18(31-21)13-30-17-7-5-14-3-1-2-4-15(14)11-17/h1-12H,13H2,(H,27,29)(H2,26,28,32). The molecule has 0 bridgehead atoms. The number of halogens is 2. The normalized spacial score (nSPS) is 10.6. The van der Waals surface area contributed by atoms with Gasteiger partial charge in [-0.25, -0.2) is 0 Å². The third kappa shape index (κ3) is 5.50. The summed E-state index contributed by atoms with van der Waals surface area (Å²) in [4.78, 5) is 12.3. The van der Waals surface area contributed by atoms with Crippen LogP contribution in [0.2, 0.25) is 10.0 Å². The average molecular weight is 486 g/mol. The minimum atomic E-state index is -0.486. The molecule has 4 rings (SSSR count). The first kappa shape index (κ1) is 22.0. The van der Waals surface area contributed by atoms with E-state index in [4.69, 9.17) is 44.6 Å². The number of fused-ring (bicyclic) bond motifs is 1. The Morgan fingerprint density at radius 2 is 1.72 bits per heavy atom. The number of hydrogen-bond acceptors (Lipinski definition) is 4. The van der Waals surface area contributed by atoms with Crippen LogP contribution in [-0.4, -0.2) is 11.0 Å². The summed E-state index contributed by atoms with van der Waals surface area (Å²) >= 11 is 17.0. The van der Waals surface area contributed by atoms with Crippen LogP contribution in [-0.2, 0) is 6.61 Å². The SMILES string of the molecule is O=C(NNC(=S)Nc1ccc(Cl)c(Cl)c1)c1ccc(COc2ccc3ccccc3c2)o1. The van der Waals surface area contributed by atoms with Crippen molar-refractivity contribution in [2.24, 2.45) is 0 Å². The van der Waals surface area contributed by atoms with Crippen molar-refractivity contribution in [2.45, 2.75) is 6.61 Å². The molecule has 0 unspecified atom stereocenters. The lowest BCUT2D eigenvalue weighted by Gasteiger charge is -2.11. The van der Waals surface area contributed by atoms with Crippen molar-refractivity contribution < 1.29 is 13.9 Å². The fraction of sp³-hybridized carbons (Fsp3) is 0.0435. The molecule has 162 valence electrons. The molecule has 0 saturated heterocycles. The van der Waals surface area contributed by atoms with Crippen LogP contribution in [0.5, 0.6) is 5.75 Å². The topological polar surface area (TPSA) is 75.5 Å². The first-order valence-corrected chi connectivity index (χ1v) is 10.7. The number of amides is 1. The fourth-order valence-corrected chi connectivity index (χ4v) is 3.37. The molecule has 0 saturated carbocycles. The molecule has 0 spiro atoms. The van der Waals surface area contributed by atoms with E-state index in [-0.39, 0.29) is 17.5 Å². The van der Waals surface area contributed by atoms with Gasteiger partial charge in [0.15, 0.2) is 10.9 Å². The number of hydrogen-bond donors (Lipinski definition) is 3. The molecule has 1 amide bonds. The number of carbonyl (C=O) groups excluding carboxylic acids is 1. The lowest BCUT2D eigenvalue weighted by molar-refractivity contribution is 0.0912. The van der Waals surface area contributed by atoms with Crippen molar-refractivity contribution in [1.82, 2.24) is 10.9 Å². The van der Waals surface area contributed by atoms with Gasteiger partial charge in [-0.2, -0.15) is 0 Å². The summed E-state index contributed by atoms with van der Waals surface area (Å²) in [6.07, 6.45) is 0. The van der Waals surface area contributed by atoms with E-state index in [9.17, 15) is 4.79 Å². The molecule has 32 heavy (non-hydrogen) atoms. The van der Waals surface area contributed by atoms with Crippen LogP contribution in [0.1, 0.15) is 16.3 Å². The Kier molecular flexibility index (Phi) is 6.80. The van der Waals surface area contributed by atoms with Gasteiger partial charge in [0.25, 0.3) is 0 Å². The summed E-state index contributed by atoms with van der Waals surface area (Å²) in [5.74, 6) is 0.860. The highest BCUT2D eigenvalue weighted by Gasteiger charge is 2.12.